The van der Waals surface area contributed by atoms with Gasteiger partial charge in [-0.25, -0.2) is 4.98 Å². The summed E-state index contributed by atoms with van der Waals surface area (Å²) in [7, 11) is 0. The van der Waals surface area contributed by atoms with Crippen LogP contribution in [0.1, 0.15) is 32.9 Å². The van der Waals surface area contributed by atoms with Crippen LogP contribution < -0.4 is 4.90 Å². The van der Waals surface area contributed by atoms with Crippen molar-refractivity contribution < 1.29 is 4.79 Å². The summed E-state index contributed by atoms with van der Waals surface area (Å²) in [5, 5.41) is 0.807. The molecule has 2 rings (SSSR count). The van der Waals surface area contributed by atoms with Gasteiger partial charge in [-0.05, 0) is 27.6 Å². The zero-order valence-electron chi connectivity index (χ0n) is 10.7. The summed E-state index contributed by atoms with van der Waals surface area (Å²) < 4.78 is 1.02. The Hall–Kier alpha value is -0.0700. The predicted octanol–water partition coefficient (Wildman–Crippen LogP) is 3.49. The van der Waals surface area contributed by atoms with Crippen molar-refractivity contribution in [2.75, 3.05) is 17.2 Å². The lowest BCUT2D eigenvalue weighted by molar-refractivity contribution is -0.117. The van der Waals surface area contributed by atoms with Gasteiger partial charge in [-0.15, -0.1) is 0 Å². The lowest BCUT2D eigenvalue weighted by atomic mass is 9.93. The van der Waals surface area contributed by atoms with Crippen LogP contribution >= 0.6 is 39.9 Å². The number of carbonyl (C=O) groups is 1. The normalized spacial score (nSPS) is 20.8. The van der Waals surface area contributed by atoms with Crippen LogP contribution in [0.4, 0.5) is 5.13 Å². The highest BCUT2D eigenvalue weighted by atomic mass is 79.9. The molecule has 2 heterocycles. The third-order valence-electron chi connectivity index (χ3n) is 2.98. The summed E-state index contributed by atoms with van der Waals surface area (Å²) in [5.41, 5.74) is 1.00. The molecule has 0 N–H and O–H groups in total. The van der Waals surface area contributed by atoms with Gasteiger partial charge in [0.25, 0.3) is 0 Å². The number of amides is 1. The second kappa shape index (κ2) is 5.13. The zero-order chi connectivity index (χ0) is 13.5. The average Bonchev–Trinajstić information content (AvgIpc) is 2.80. The predicted molar refractivity (Wildman–Crippen MR) is 82.8 cm³/mol. The SMILES string of the molecule is CC(C)(C)c1nc(N2CC(CS)CC2=O)sc1Br. The number of anilines is 1. The Balaban J connectivity index is 2.28. The summed E-state index contributed by atoms with van der Waals surface area (Å²) in [6.07, 6.45) is 0.589. The minimum absolute atomic E-state index is 0.0146. The molecule has 1 aliphatic heterocycles. The second-order valence-corrected chi connectivity index (χ2v) is 8.29. The van der Waals surface area contributed by atoms with E-state index >= 15 is 0 Å². The molecule has 0 aliphatic carbocycles. The molecular weight excluding hydrogens is 332 g/mol. The van der Waals surface area contributed by atoms with Crippen molar-refractivity contribution in [3.63, 3.8) is 0 Å². The minimum atomic E-state index is -0.0146. The molecule has 0 spiro atoms. The Bertz CT molecular complexity index is 467. The molecule has 1 atom stereocenters. The quantitative estimate of drug-likeness (QED) is 0.830. The van der Waals surface area contributed by atoms with E-state index in [4.69, 9.17) is 0 Å². The number of aromatic nitrogens is 1. The molecule has 6 heteroatoms. The minimum Gasteiger partial charge on any atom is -0.288 e. The molecule has 0 bridgehead atoms. The van der Waals surface area contributed by atoms with Crippen molar-refractivity contribution in [3.8, 4) is 0 Å². The first-order valence-corrected chi connectivity index (χ1v) is 8.15. The maximum absolute atomic E-state index is 12.0. The number of rotatable bonds is 2. The van der Waals surface area contributed by atoms with Crippen molar-refractivity contribution in [1.82, 2.24) is 4.98 Å². The van der Waals surface area contributed by atoms with Gasteiger partial charge in [-0.1, -0.05) is 32.1 Å². The van der Waals surface area contributed by atoms with Crippen LogP contribution in [-0.2, 0) is 10.2 Å². The van der Waals surface area contributed by atoms with Crippen molar-refractivity contribution in [2.45, 2.75) is 32.6 Å². The molecule has 3 nitrogen and oxygen atoms in total. The first-order chi connectivity index (χ1) is 8.32. The first kappa shape index (κ1) is 14.3. The molecule has 1 aliphatic rings. The van der Waals surface area contributed by atoms with Gasteiger partial charge >= 0.3 is 0 Å². The third kappa shape index (κ3) is 2.75. The van der Waals surface area contributed by atoms with E-state index in [1.165, 1.54) is 0 Å². The van der Waals surface area contributed by atoms with Crippen LogP contribution in [0.15, 0.2) is 3.79 Å². The number of carbonyl (C=O) groups excluding carboxylic acids is 1. The molecule has 1 saturated heterocycles. The lowest BCUT2D eigenvalue weighted by Gasteiger charge is -2.16. The monoisotopic (exact) mass is 348 g/mol. The highest BCUT2D eigenvalue weighted by Crippen LogP contribution is 2.39. The molecule has 1 amide bonds. The molecule has 0 saturated carbocycles. The molecule has 18 heavy (non-hydrogen) atoms. The van der Waals surface area contributed by atoms with Gasteiger partial charge in [0.1, 0.15) is 0 Å². The lowest BCUT2D eigenvalue weighted by Crippen LogP contribution is -2.25. The molecule has 0 aromatic carbocycles. The van der Waals surface area contributed by atoms with Gasteiger partial charge in [-0.2, -0.15) is 12.6 Å². The molecule has 1 aromatic heterocycles. The smallest absolute Gasteiger partial charge is 0.229 e. The average molecular weight is 349 g/mol. The van der Waals surface area contributed by atoms with E-state index in [0.29, 0.717) is 12.3 Å². The molecule has 1 aromatic rings. The summed E-state index contributed by atoms with van der Waals surface area (Å²) in [5.74, 6) is 1.26. The van der Waals surface area contributed by atoms with E-state index < -0.39 is 0 Å². The number of thiazole rings is 1. The molecular formula is C12H17BrN2OS2. The van der Waals surface area contributed by atoms with Crippen LogP contribution in [0.5, 0.6) is 0 Å². The van der Waals surface area contributed by atoms with E-state index in [1.807, 2.05) is 0 Å². The maximum Gasteiger partial charge on any atom is 0.229 e. The highest BCUT2D eigenvalue weighted by molar-refractivity contribution is 9.11. The highest BCUT2D eigenvalue weighted by Gasteiger charge is 2.33. The maximum atomic E-state index is 12.0. The van der Waals surface area contributed by atoms with Crippen LogP contribution in [-0.4, -0.2) is 23.2 Å². The fourth-order valence-corrected chi connectivity index (χ4v) is 4.35. The van der Waals surface area contributed by atoms with Crippen molar-refractivity contribution in [2.24, 2.45) is 5.92 Å². The summed E-state index contributed by atoms with van der Waals surface area (Å²) >= 11 is 9.37. The molecule has 1 unspecified atom stereocenters. The Morgan fingerprint density at radius 1 is 1.56 bits per heavy atom. The number of thiol groups is 1. The standard InChI is InChI=1S/C12H17BrN2OS2/c1-12(2,3)9-10(13)18-11(14-9)15-5-7(6-17)4-8(15)16/h7,17H,4-6H2,1-3H3. The van der Waals surface area contributed by atoms with Gasteiger partial charge in [0.05, 0.1) is 9.48 Å². The van der Waals surface area contributed by atoms with Gasteiger partial charge in [0.15, 0.2) is 5.13 Å². The van der Waals surface area contributed by atoms with Crippen LogP contribution in [0, 0.1) is 5.92 Å². The Kier molecular flexibility index (Phi) is 4.09. The Morgan fingerprint density at radius 3 is 2.67 bits per heavy atom. The fraction of sp³-hybridized carbons (Fsp3) is 0.667. The van der Waals surface area contributed by atoms with Gasteiger partial charge in [0, 0.05) is 18.4 Å². The van der Waals surface area contributed by atoms with E-state index in [2.05, 4.69) is 54.3 Å². The van der Waals surface area contributed by atoms with Crippen LogP contribution in [0.2, 0.25) is 0 Å². The zero-order valence-corrected chi connectivity index (χ0v) is 14.0. The number of hydrogen-bond donors (Lipinski definition) is 1. The van der Waals surface area contributed by atoms with E-state index in [0.717, 1.165) is 26.9 Å². The summed E-state index contributed by atoms with van der Waals surface area (Å²) in [4.78, 5) is 18.4. The van der Waals surface area contributed by atoms with E-state index in [1.54, 1.807) is 16.2 Å². The molecule has 100 valence electrons. The first-order valence-electron chi connectivity index (χ1n) is 5.91. The van der Waals surface area contributed by atoms with E-state index in [9.17, 15) is 4.79 Å². The number of halogens is 1. The Labute approximate surface area is 126 Å². The second-order valence-electron chi connectivity index (χ2n) is 5.63. The summed E-state index contributed by atoms with van der Waals surface area (Å²) in [6.45, 7) is 7.11. The van der Waals surface area contributed by atoms with Crippen molar-refractivity contribution >= 4 is 50.9 Å². The largest absolute Gasteiger partial charge is 0.288 e. The van der Waals surface area contributed by atoms with Crippen molar-refractivity contribution in [3.05, 3.63) is 9.48 Å². The van der Waals surface area contributed by atoms with Gasteiger partial charge < -0.3 is 0 Å². The molecule has 0 radical (unpaired) electrons. The molecule has 1 fully saturated rings. The topological polar surface area (TPSA) is 33.2 Å². The van der Waals surface area contributed by atoms with Gasteiger partial charge in [0.2, 0.25) is 5.91 Å². The van der Waals surface area contributed by atoms with E-state index in [-0.39, 0.29) is 11.3 Å². The Morgan fingerprint density at radius 2 is 2.22 bits per heavy atom. The number of hydrogen-bond acceptors (Lipinski definition) is 4. The van der Waals surface area contributed by atoms with Crippen LogP contribution in [0.3, 0.4) is 0 Å². The summed E-state index contributed by atoms with van der Waals surface area (Å²) in [6, 6.07) is 0. The van der Waals surface area contributed by atoms with Crippen LogP contribution in [0.25, 0.3) is 0 Å². The third-order valence-corrected chi connectivity index (χ3v) is 5.22. The van der Waals surface area contributed by atoms with Gasteiger partial charge in [-0.3, -0.25) is 9.69 Å². The number of nitrogens with zero attached hydrogens (tertiary/aromatic N) is 2. The fourth-order valence-electron chi connectivity index (χ4n) is 1.96. The van der Waals surface area contributed by atoms with Crippen molar-refractivity contribution in [1.29, 1.82) is 0 Å².